The third kappa shape index (κ3) is 3.99. The van der Waals surface area contributed by atoms with E-state index >= 15 is 0 Å². The molecule has 0 aliphatic heterocycles. The summed E-state index contributed by atoms with van der Waals surface area (Å²) in [6, 6.07) is 2.67. The number of rotatable bonds is 6. The predicted octanol–water partition coefficient (Wildman–Crippen LogP) is 1.29. The molecular formula is C12H16N2O6S. The Labute approximate surface area is 122 Å². The summed E-state index contributed by atoms with van der Waals surface area (Å²) in [4.78, 5) is 20.7. The molecule has 116 valence electrons. The van der Waals surface area contributed by atoms with Crippen LogP contribution in [-0.2, 0) is 14.8 Å². The minimum atomic E-state index is -4.03. The first-order chi connectivity index (χ1) is 9.56. The Morgan fingerprint density at radius 1 is 1.38 bits per heavy atom. The summed E-state index contributed by atoms with van der Waals surface area (Å²) in [5.74, 6) is -2.07. The van der Waals surface area contributed by atoms with E-state index in [1.807, 2.05) is 0 Å². The molecule has 2 unspecified atom stereocenters. The Kier molecular flexibility index (Phi) is 5.02. The van der Waals surface area contributed by atoms with Crippen molar-refractivity contribution in [3.8, 4) is 0 Å². The summed E-state index contributed by atoms with van der Waals surface area (Å²) in [5.41, 5.74) is 0.0303. The topological polar surface area (TPSA) is 127 Å². The molecule has 0 radical (unpaired) electrons. The van der Waals surface area contributed by atoms with Gasteiger partial charge in [-0.2, -0.15) is 0 Å². The van der Waals surface area contributed by atoms with E-state index in [2.05, 4.69) is 4.72 Å². The Morgan fingerprint density at radius 3 is 2.43 bits per heavy atom. The standard InChI is InChI=1S/C12H16N2O6S/c1-7-4-5-10(6-11(7)14(17)18)21(19,20)13-9(3)8(2)12(15)16/h4-6,8-9,13H,1-3H3,(H,15,16). The van der Waals surface area contributed by atoms with Crippen LogP contribution in [-0.4, -0.2) is 30.5 Å². The van der Waals surface area contributed by atoms with Gasteiger partial charge >= 0.3 is 5.97 Å². The van der Waals surface area contributed by atoms with Gasteiger partial charge in [0.15, 0.2) is 0 Å². The average molecular weight is 316 g/mol. The highest BCUT2D eigenvalue weighted by molar-refractivity contribution is 7.89. The zero-order chi connectivity index (χ0) is 16.4. The van der Waals surface area contributed by atoms with Gasteiger partial charge in [0.25, 0.3) is 5.69 Å². The summed E-state index contributed by atoms with van der Waals surface area (Å²) >= 11 is 0. The van der Waals surface area contributed by atoms with Gasteiger partial charge in [0, 0.05) is 17.7 Å². The number of nitrogens with zero attached hydrogens (tertiary/aromatic N) is 1. The molecule has 0 saturated carbocycles. The molecule has 8 nitrogen and oxygen atoms in total. The fraction of sp³-hybridized carbons (Fsp3) is 0.417. The van der Waals surface area contributed by atoms with Gasteiger partial charge in [-0.3, -0.25) is 14.9 Å². The second-order valence-electron chi connectivity index (χ2n) is 4.74. The van der Waals surface area contributed by atoms with Crippen LogP contribution in [0.1, 0.15) is 19.4 Å². The van der Waals surface area contributed by atoms with Gasteiger partial charge in [-0.05, 0) is 19.9 Å². The third-order valence-corrected chi connectivity index (χ3v) is 4.72. The van der Waals surface area contributed by atoms with Gasteiger partial charge in [-0.15, -0.1) is 0 Å². The predicted molar refractivity (Wildman–Crippen MR) is 74.4 cm³/mol. The van der Waals surface area contributed by atoms with Crippen molar-refractivity contribution in [2.75, 3.05) is 0 Å². The number of nitro groups is 1. The van der Waals surface area contributed by atoms with E-state index in [4.69, 9.17) is 5.11 Å². The largest absolute Gasteiger partial charge is 0.481 e. The third-order valence-electron chi connectivity index (χ3n) is 3.17. The zero-order valence-electron chi connectivity index (χ0n) is 11.7. The number of aryl methyl sites for hydroxylation is 1. The van der Waals surface area contributed by atoms with Crippen LogP contribution >= 0.6 is 0 Å². The van der Waals surface area contributed by atoms with Crippen molar-refractivity contribution in [2.24, 2.45) is 5.92 Å². The first-order valence-corrected chi connectivity index (χ1v) is 7.54. The van der Waals surface area contributed by atoms with Gasteiger partial charge in [0.05, 0.1) is 15.7 Å². The van der Waals surface area contributed by atoms with Gasteiger partial charge in [-0.1, -0.05) is 13.0 Å². The average Bonchev–Trinajstić information content (AvgIpc) is 2.36. The Bertz CT molecular complexity index is 670. The van der Waals surface area contributed by atoms with Gasteiger partial charge in [0.2, 0.25) is 10.0 Å². The van der Waals surface area contributed by atoms with E-state index in [0.717, 1.165) is 6.07 Å². The van der Waals surface area contributed by atoms with E-state index in [9.17, 15) is 23.3 Å². The van der Waals surface area contributed by atoms with Crippen LogP contribution in [0.4, 0.5) is 5.69 Å². The maximum atomic E-state index is 12.1. The molecule has 0 aromatic heterocycles. The first-order valence-electron chi connectivity index (χ1n) is 6.06. The van der Waals surface area contributed by atoms with Crippen LogP contribution in [0.3, 0.4) is 0 Å². The molecular weight excluding hydrogens is 300 g/mol. The van der Waals surface area contributed by atoms with Crippen molar-refractivity contribution in [3.63, 3.8) is 0 Å². The number of carboxylic acids is 1. The number of carbonyl (C=O) groups is 1. The van der Waals surface area contributed by atoms with Crippen LogP contribution in [0.5, 0.6) is 0 Å². The number of nitrogens with one attached hydrogen (secondary N) is 1. The number of carboxylic acid groups (broad SMARTS) is 1. The molecule has 21 heavy (non-hydrogen) atoms. The van der Waals surface area contributed by atoms with E-state index in [-0.39, 0.29) is 10.6 Å². The van der Waals surface area contributed by atoms with Crippen LogP contribution in [0.25, 0.3) is 0 Å². The molecule has 1 rings (SSSR count). The Morgan fingerprint density at radius 2 is 1.95 bits per heavy atom. The minimum Gasteiger partial charge on any atom is -0.481 e. The van der Waals surface area contributed by atoms with Crippen LogP contribution < -0.4 is 4.72 Å². The fourth-order valence-corrected chi connectivity index (χ4v) is 2.93. The lowest BCUT2D eigenvalue weighted by molar-refractivity contribution is -0.385. The number of benzene rings is 1. The van der Waals surface area contributed by atoms with Crippen molar-refractivity contribution < 1.29 is 23.2 Å². The van der Waals surface area contributed by atoms with Gasteiger partial charge in [-0.25, -0.2) is 13.1 Å². The quantitative estimate of drug-likeness (QED) is 0.601. The lowest BCUT2D eigenvalue weighted by Crippen LogP contribution is -2.39. The smallest absolute Gasteiger partial charge is 0.307 e. The molecule has 9 heteroatoms. The summed E-state index contributed by atoms with van der Waals surface area (Å²) in [6.45, 7) is 4.28. The SMILES string of the molecule is Cc1ccc(S(=O)(=O)NC(C)C(C)C(=O)O)cc1[N+](=O)[O-]. The van der Waals surface area contributed by atoms with Gasteiger partial charge < -0.3 is 5.11 Å². The second-order valence-corrected chi connectivity index (χ2v) is 6.46. The summed E-state index contributed by atoms with van der Waals surface area (Å²) in [7, 11) is -4.03. The van der Waals surface area contributed by atoms with Gasteiger partial charge in [0.1, 0.15) is 0 Å². The van der Waals surface area contributed by atoms with Crippen LogP contribution in [0, 0.1) is 23.0 Å². The van der Waals surface area contributed by atoms with Crippen molar-refractivity contribution in [1.82, 2.24) is 4.72 Å². The molecule has 0 heterocycles. The maximum Gasteiger partial charge on any atom is 0.307 e. The normalized spacial score (nSPS) is 14.4. The molecule has 0 spiro atoms. The van der Waals surface area contributed by atoms with Crippen LogP contribution in [0.15, 0.2) is 23.1 Å². The molecule has 0 amide bonds. The molecule has 0 fully saturated rings. The first kappa shape index (κ1) is 17.1. The Hall–Kier alpha value is -2.00. The van der Waals surface area contributed by atoms with Crippen LogP contribution in [0.2, 0.25) is 0 Å². The molecule has 0 aliphatic rings. The van der Waals surface area contributed by atoms with E-state index in [1.54, 1.807) is 0 Å². The molecule has 0 bridgehead atoms. The maximum absolute atomic E-state index is 12.1. The summed E-state index contributed by atoms with van der Waals surface area (Å²) < 4.78 is 26.5. The summed E-state index contributed by atoms with van der Waals surface area (Å²) in [5, 5.41) is 19.7. The number of aliphatic carboxylic acids is 1. The summed E-state index contributed by atoms with van der Waals surface area (Å²) in [6.07, 6.45) is 0. The van der Waals surface area contributed by atoms with E-state index in [1.165, 1.54) is 32.9 Å². The number of nitro benzene ring substituents is 1. The van der Waals surface area contributed by atoms with Crippen molar-refractivity contribution in [3.05, 3.63) is 33.9 Å². The zero-order valence-corrected chi connectivity index (χ0v) is 12.5. The molecule has 0 saturated heterocycles. The van der Waals surface area contributed by atoms with Crippen molar-refractivity contribution in [2.45, 2.75) is 31.7 Å². The lowest BCUT2D eigenvalue weighted by Gasteiger charge is -2.17. The molecule has 2 atom stereocenters. The fourth-order valence-electron chi connectivity index (χ4n) is 1.58. The minimum absolute atomic E-state index is 0.274. The second kappa shape index (κ2) is 6.19. The lowest BCUT2D eigenvalue weighted by atomic mass is 10.1. The molecule has 0 aliphatic carbocycles. The monoisotopic (exact) mass is 316 g/mol. The van der Waals surface area contributed by atoms with E-state index < -0.39 is 32.9 Å². The van der Waals surface area contributed by atoms with Crippen molar-refractivity contribution in [1.29, 1.82) is 0 Å². The molecule has 2 N–H and O–H groups in total. The molecule has 1 aromatic rings. The number of hydrogen-bond acceptors (Lipinski definition) is 5. The molecule has 1 aromatic carbocycles. The van der Waals surface area contributed by atoms with Crippen molar-refractivity contribution >= 4 is 21.7 Å². The highest BCUT2D eigenvalue weighted by Crippen LogP contribution is 2.22. The highest BCUT2D eigenvalue weighted by Gasteiger charge is 2.26. The highest BCUT2D eigenvalue weighted by atomic mass is 32.2. The number of sulfonamides is 1. The number of hydrogen-bond donors (Lipinski definition) is 2. The van der Waals surface area contributed by atoms with E-state index in [0.29, 0.717) is 5.56 Å². The Balaban J connectivity index is 3.12.